The third-order valence-electron chi connectivity index (χ3n) is 3.95. The van der Waals surface area contributed by atoms with Gasteiger partial charge in [-0.1, -0.05) is 29.8 Å². The number of sulfonamides is 1. The van der Waals surface area contributed by atoms with Crippen LogP contribution in [0.1, 0.15) is 35.3 Å². The Morgan fingerprint density at radius 2 is 1.68 bits per heavy atom. The van der Waals surface area contributed by atoms with Gasteiger partial charge in [-0.15, -0.1) is 0 Å². The summed E-state index contributed by atoms with van der Waals surface area (Å²) in [6.07, 6.45) is 1.38. The Morgan fingerprint density at radius 3 is 2.32 bits per heavy atom. The summed E-state index contributed by atoms with van der Waals surface area (Å²) >= 11 is 0. The highest BCUT2D eigenvalue weighted by atomic mass is 32.2. The van der Waals surface area contributed by atoms with Crippen LogP contribution in [0.25, 0.3) is 5.76 Å². The highest BCUT2D eigenvalue weighted by Gasteiger charge is 2.34. The van der Waals surface area contributed by atoms with Crippen molar-refractivity contribution in [3.63, 3.8) is 0 Å². The van der Waals surface area contributed by atoms with Gasteiger partial charge in [0.05, 0.1) is 16.7 Å². The van der Waals surface area contributed by atoms with E-state index >= 15 is 0 Å². The molecule has 25 heavy (non-hydrogen) atoms. The van der Waals surface area contributed by atoms with Crippen molar-refractivity contribution < 1.29 is 17.9 Å². The second-order valence-corrected chi connectivity index (χ2v) is 7.99. The summed E-state index contributed by atoms with van der Waals surface area (Å²) in [6, 6.07) is 13.2. The molecule has 0 unspecified atom stereocenters. The molecule has 5 nitrogen and oxygen atoms in total. The maximum Gasteiger partial charge on any atom is 0.343 e. The van der Waals surface area contributed by atoms with E-state index in [0.717, 1.165) is 5.56 Å². The zero-order chi connectivity index (χ0) is 18.2. The van der Waals surface area contributed by atoms with Crippen molar-refractivity contribution in [2.75, 3.05) is 0 Å². The van der Waals surface area contributed by atoms with Crippen molar-refractivity contribution in [2.24, 2.45) is 0 Å². The Kier molecular flexibility index (Phi) is 4.39. The van der Waals surface area contributed by atoms with Gasteiger partial charge in [-0.3, -0.25) is 4.31 Å². The lowest BCUT2D eigenvalue weighted by Gasteiger charge is -2.30. The normalized spacial score (nSPS) is 15.5. The largest absolute Gasteiger partial charge is 0.421 e. The first-order valence-electron chi connectivity index (χ1n) is 7.94. The minimum Gasteiger partial charge on any atom is -0.421 e. The molecule has 0 saturated carbocycles. The summed E-state index contributed by atoms with van der Waals surface area (Å²) in [5.41, 5.74) is 1.84. The molecular weight excluding hydrogens is 338 g/mol. The van der Waals surface area contributed by atoms with Gasteiger partial charge in [-0.2, -0.15) is 0 Å². The van der Waals surface area contributed by atoms with Gasteiger partial charge in [0.1, 0.15) is 0 Å². The fourth-order valence-electron chi connectivity index (χ4n) is 2.62. The van der Waals surface area contributed by atoms with Gasteiger partial charge in [0.25, 0.3) is 10.0 Å². The molecule has 1 heterocycles. The predicted molar refractivity (Wildman–Crippen MR) is 95.2 cm³/mol. The van der Waals surface area contributed by atoms with E-state index in [1.807, 2.05) is 19.1 Å². The van der Waals surface area contributed by atoms with E-state index in [1.165, 1.54) is 16.6 Å². The number of rotatable bonds is 3. The van der Waals surface area contributed by atoms with Gasteiger partial charge < -0.3 is 4.74 Å². The number of carbonyl (C=O) groups is 1. The van der Waals surface area contributed by atoms with Crippen LogP contribution in [0.4, 0.5) is 0 Å². The molecule has 0 radical (unpaired) electrons. The molecular formula is C19H19NO4S. The van der Waals surface area contributed by atoms with Gasteiger partial charge >= 0.3 is 5.97 Å². The van der Waals surface area contributed by atoms with E-state index in [9.17, 15) is 13.2 Å². The zero-order valence-corrected chi connectivity index (χ0v) is 15.1. The molecule has 0 bridgehead atoms. The summed E-state index contributed by atoms with van der Waals surface area (Å²) in [7, 11) is -3.66. The molecule has 1 aliphatic heterocycles. The van der Waals surface area contributed by atoms with Crippen LogP contribution >= 0.6 is 0 Å². The third-order valence-corrected chi connectivity index (χ3v) is 5.95. The summed E-state index contributed by atoms with van der Waals surface area (Å²) in [5.74, 6) is -0.297. The summed E-state index contributed by atoms with van der Waals surface area (Å²) in [6.45, 7) is 5.46. The van der Waals surface area contributed by atoms with Gasteiger partial charge in [0.2, 0.25) is 0 Å². The first-order valence-corrected chi connectivity index (χ1v) is 9.38. The Morgan fingerprint density at radius 1 is 1.04 bits per heavy atom. The predicted octanol–water partition coefficient (Wildman–Crippen LogP) is 3.56. The molecule has 130 valence electrons. The summed E-state index contributed by atoms with van der Waals surface area (Å²) in [4.78, 5) is 12.6. The molecule has 0 N–H and O–H groups in total. The molecule has 0 fully saturated rings. The fraction of sp³-hybridized carbons (Fsp3) is 0.211. The van der Waals surface area contributed by atoms with Gasteiger partial charge in [-0.25, -0.2) is 13.2 Å². The number of nitrogens with zero attached hydrogens (tertiary/aromatic N) is 1. The van der Waals surface area contributed by atoms with Crippen molar-refractivity contribution in [1.29, 1.82) is 0 Å². The number of carbonyl (C=O) groups excluding carboxylic acids is 1. The molecule has 2 aromatic rings. The van der Waals surface area contributed by atoms with Crippen LogP contribution in [0.3, 0.4) is 0 Å². The third kappa shape index (κ3) is 3.17. The van der Waals surface area contributed by atoms with E-state index in [2.05, 4.69) is 0 Å². The SMILES string of the molecule is Cc1ccc(C(=O)OC2=CN(C(C)C)S(=O)(=O)c3ccccc32)cc1. The van der Waals surface area contributed by atoms with Crippen molar-refractivity contribution in [3.05, 3.63) is 71.4 Å². The molecule has 0 spiro atoms. The van der Waals surface area contributed by atoms with Crippen molar-refractivity contribution in [1.82, 2.24) is 4.31 Å². The van der Waals surface area contributed by atoms with Crippen LogP contribution in [-0.4, -0.2) is 24.7 Å². The minimum atomic E-state index is -3.66. The van der Waals surface area contributed by atoms with Gasteiger partial charge in [-0.05, 0) is 45.0 Å². The molecule has 0 atom stereocenters. The quantitative estimate of drug-likeness (QED) is 0.788. The number of benzene rings is 2. The van der Waals surface area contributed by atoms with Crippen molar-refractivity contribution in [2.45, 2.75) is 31.7 Å². The number of aryl methyl sites for hydroxylation is 1. The monoisotopic (exact) mass is 357 g/mol. The maximum atomic E-state index is 12.7. The van der Waals surface area contributed by atoms with Gasteiger partial charge in [0, 0.05) is 11.6 Å². The Bertz CT molecular complexity index is 944. The topological polar surface area (TPSA) is 63.7 Å². The zero-order valence-electron chi connectivity index (χ0n) is 14.3. The molecule has 6 heteroatoms. The van der Waals surface area contributed by atoms with Crippen LogP contribution in [0, 0.1) is 6.92 Å². The standard InChI is InChI=1S/C19H19NO4S/c1-13(2)20-12-17(16-6-4-5-7-18(16)25(20,22)23)24-19(21)15-10-8-14(3)9-11-15/h4-13H,1-3H3. The first kappa shape index (κ1) is 17.2. The van der Waals surface area contributed by atoms with Crippen LogP contribution < -0.4 is 0 Å². The lowest BCUT2D eigenvalue weighted by atomic mass is 10.1. The average molecular weight is 357 g/mol. The van der Waals surface area contributed by atoms with Crippen LogP contribution in [0.15, 0.2) is 59.6 Å². The highest BCUT2D eigenvalue weighted by molar-refractivity contribution is 7.89. The van der Waals surface area contributed by atoms with E-state index in [0.29, 0.717) is 11.1 Å². The molecule has 0 aromatic heterocycles. The smallest absolute Gasteiger partial charge is 0.343 e. The van der Waals surface area contributed by atoms with E-state index in [1.54, 1.807) is 44.2 Å². The number of esters is 1. The van der Waals surface area contributed by atoms with E-state index < -0.39 is 16.0 Å². The fourth-order valence-corrected chi connectivity index (χ4v) is 4.33. The van der Waals surface area contributed by atoms with Crippen LogP contribution in [-0.2, 0) is 14.8 Å². The number of hydrogen-bond donors (Lipinski definition) is 0. The Labute approximate surface area is 147 Å². The second kappa shape index (κ2) is 6.37. The van der Waals surface area contributed by atoms with E-state index in [4.69, 9.17) is 4.74 Å². The van der Waals surface area contributed by atoms with Crippen LogP contribution in [0.5, 0.6) is 0 Å². The summed E-state index contributed by atoms with van der Waals surface area (Å²) in [5, 5.41) is 0. The number of hydrogen-bond acceptors (Lipinski definition) is 4. The molecule has 0 amide bonds. The minimum absolute atomic E-state index is 0.137. The molecule has 1 aliphatic rings. The Hall–Kier alpha value is -2.60. The first-order chi connectivity index (χ1) is 11.8. The van der Waals surface area contributed by atoms with Crippen molar-refractivity contribution in [3.8, 4) is 0 Å². The lowest BCUT2D eigenvalue weighted by molar-refractivity contribution is 0.0688. The van der Waals surface area contributed by atoms with Crippen molar-refractivity contribution >= 4 is 21.8 Å². The highest BCUT2D eigenvalue weighted by Crippen LogP contribution is 2.34. The lowest BCUT2D eigenvalue weighted by Crippen LogP contribution is -2.35. The average Bonchev–Trinajstić information content (AvgIpc) is 2.57. The Balaban J connectivity index is 2.02. The molecule has 0 aliphatic carbocycles. The molecule has 3 rings (SSSR count). The number of ether oxygens (including phenoxy) is 1. The van der Waals surface area contributed by atoms with Crippen LogP contribution in [0.2, 0.25) is 0 Å². The second-order valence-electron chi connectivity index (χ2n) is 6.17. The van der Waals surface area contributed by atoms with E-state index in [-0.39, 0.29) is 16.7 Å². The molecule has 2 aromatic carbocycles. The number of fused-ring (bicyclic) bond motifs is 1. The molecule has 0 saturated heterocycles. The van der Waals surface area contributed by atoms with Gasteiger partial charge in [0.15, 0.2) is 5.76 Å². The maximum absolute atomic E-state index is 12.7. The summed E-state index contributed by atoms with van der Waals surface area (Å²) < 4.78 is 32.2.